The molecule has 0 saturated carbocycles. The minimum Gasteiger partial charge on any atom is -0.294 e. The molecule has 0 spiro atoms. The van der Waals surface area contributed by atoms with E-state index < -0.39 is 0 Å². The first-order chi connectivity index (χ1) is 12.0. The molecule has 0 N–H and O–H groups in total. The molecule has 1 rings (SSSR count). The van der Waals surface area contributed by atoms with Gasteiger partial charge in [-0.3, -0.25) is 4.79 Å². The average Bonchev–Trinajstić information content (AvgIpc) is 2.59. The number of carbonyl (C=O) groups is 1. The van der Waals surface area contributed by atoms with Crippen LogP contribution in [0.3, 0.4) is 0 Å². The summed E-state index contributed by atoms with van der Waals surface area (Å²) in [6.07, 6.45) is 12.4. The summed E-state index contributed by atoms with van der Waals surface area (Å²) in [6.45, 7) is 11.1. The molecule has 1 heteroatoms. The first-order valence-corrected chi connectivity index (χ1v) is 10.6. The lowest BCUT2D eigenvalue weighted by atomic mass is 9.89. The number of carbonyl (C=O) groups excluding carboxylic acids is 1. The lowest BCUT2D eigenvalue weighted by molar-refractivity contribution is 0.0978. The minimum atomic E-state index is 0.335. The Balaban J connectivity index is 2.39. The van der Waals surface area contributed by atoms with Gasteiger partial charge >= 0.3 is 0 Å². The fraction of sp³-hybridized carbons (Fsp3) is 0.708. The van der Waals surface area contributed by atoms with Gasteiger partial charge in [0.2, 0.25) is 0 Å². The largest absolute Gasteiger partial charge is 0.294 e. The molecule has 0 aromatic heterocycles. The Morgan fingerprint density at radius 1 is 0.800 bits per heavy atom. The van der Waals surface area contributed by atoms with E-state index in [4.69, 9.17) is 0 Å². The van der Waals surface area contributed by atoms with Crippen LogP contribution in [-0.4, -0.2) is 5.78 Å². The SMILES string of the molecule is CCCCCCCCCCCC(=O)c1ccc(C(C)C)cc1C(C)C. The Hall–Kier alpha value is -1.11. The van der Waals surface area contributed by atoms with Gasteiger partial charge in [-0.2, -0.15) is 0 Å². The normalized spacial score (nSPS) is 11.5. The van der Waals surface area contributed by atoms with Crippen LogP contribution in [0.2, 0.25) is 0 Å². The maximum absolute atomic E-state index is 12.7. The van der Waals surface area contributed by atoms with Crippen molar-refractivity contribution < 1.29 is 4.79 Å². The number of Topliss-reactive ketones (excluding diaryl/α,β-unsaturated/α-hetero) is 1. The van der Waals surface area contributed by atoms with Crippen LogP contribution < -0.4 is 0 Å². The van der Waals surface area contributed by atoms with Crippen LogP contribution in [0.5, 0.6) is 0 Å². The van der Waals surface area contributed by atoms with Crippen molar-refractivity contribution in [2.24, 2.45) is 0 Å². The number of ketones is 1. The zero-order valence-corrected chi connectivity index (χ0v) is 17.4. The van der Waals surface area contributed by atoms with Crippen molar-refractivity contribution >= 4 is 5.78 Å². The van der Waals surface area contributed by atoms with E-state index in [1.54, 1.807) is 0 Å². The summed E-state index contributed by atoms with van der Waals surface area (Å²) in [5, 5.41) is 0. The molecule has 0 amide bonds. The highest BCUT2D eigenvalue weighted by Gasteiger charge is 2.15. The Labute approximate surface area is 156 Å². The van der Waals surface area contributed by atoms with Crippen LogP contribution in [0, 0.1) is 0 Å². The molecule has 0 fully saturated rings. The van der Waals surface area contributed by atoms with Crippen molar-refractivity contribution in [1.82, 2.24) is 0 Å². The van der Waals surface area contributed by atoms with Crippen LogP contribution in [0.1, 0.15) is 132 Å². The van der Waals surface area contributed by atoms with E-state index >= 15 is 0 Å². The zero-order chi connectivity index (χ0) is 18.7. The molecule has 1 nitrogen and oxygen atoms in total. The molecule has 0 atom stereocenters. The lowest BCUT2D eigenvalue weighted by Gasteiger charge is -2.15. The number of unbranched alkanes of at least 4 members (excludes halogenated alkanes) is 8. The number of benzene rings is 1. The first-order valence-electron chi connectivity index (χ1n) is 10.6. The van der Waals surface area contributed by atoms with Gasteiger partial charge in [-0.25, -0.2) is 0 Å². The summed E-state index contributed by atoms with van der Waals surface area (Å²) >= 11 is 0. The predicted octanol–water partition coefficient (Wildman–Crippen LogP) is 8.04. The molecular weight excluding hydrogens is 304 g/mol. The van der Waals surface area contributed by atoms with E-state index in [9.17, 15) is 4.79 Å². The summed E-state index contributed by atoms with van der Waals surface area (Å²) in [5.41, 5.74) is 3.52. The number of hydrogen-bond donors (Lipinski definition) is 0. The standard InChI is InChI=1S/C24H40O/c1-6-7-8-9-10-11-12-13-14-15-24(25)22-17-16-21(19(2)3)18-23(22)20(4)5/h16-20H,6-15H2,1-5H3. The van der Waals surface area contributed by atoms with E-state index in [1.165, 1.54) is 62.5 Å². The molecule has 0 bridgehead atoms. The minimum absolute atomic E-state index is 0.335. The van der Waals surface area contributed by atoms with Crippen molar-refractivity contribution in [2.45, 2.75) is 111 Å². The monoisotopic (exact) mass is 344 g/mol. The third-order valence-electron chi connectivity index (χ3n) is 5.17. The summed E-state index contributed by atoms with van der Waals surface area (Å²) in [6, 6.07) is 6.46. The second kappa shape index (κ2) is 12.3. The molecule has 1 aromatic rings. The highest BCUT2D eigenvalue weighted by Crippen LogP contribution is 2.26. The molecule has 0 unspecified atom stereocenters. The maximum atomic E-state index is 12.7. The first kappa shape index (κ1) is 21.9. The molecule has 1 aromatic carbocycles. The molecule has 0 aliphatic heterocycles. The van der Waals surface area contributed by atoms with Crippen LogP contribution >= 0.6 is 0 Å². The second-order valence-corrected chi connectivity index (χ2v) is 8.16. The molecule has 0 saturated heterocycles. The molecule has 25 heavy (non-hydrogen) atoms. The van der Waals surface area contributed by atoms with E-state index in [0.29, 0.717) is 24.0 Å². The Bertz CT molecular complexity index is 499. The molecule has 0 heterocycles. The fourth-order valence-electron chi connectivity index (χ4n) is 3.40. The van der Waals surface area contributed by atoms with E-state index in [0.717, 1.165) is 12.0 Å². The van der Waals surface area contributed by atoms with Crippen molar-refractivity contribution in [2.75, 3.05) is 0 Å². The zero-order valence-electron chi connectivity index (χ0n) is 17.4. The summed E-state index contributed by atoms with van der Waals surface area (Å²) in [7, 11) is 0. The van der Waals surface area contributed by atoms with E-state index in [2.05, 4.69) is 52.8 Å². The van der Waals surface area contributed by atoms with Crippen molar-refractivity contribution in [1.29, 1.82) is 0 Å². The molecular formula is C24H40O. The van der Waals surface area contributed by atoms with Gasteiger partial charge < -0.3 is 0 Å². The lowest BCUT2D eigenvalue weighted by Crippen LogP contribution is -2.06. The molecule has 0 aliphatic rings. The third-order valence-corrected chi connectivity index (χ3v) is 5.17. The maximum Gasteiger partial charge on any atom is 0.163 e. The van der Waals surface area contributed by atoms with Crippen LogP contribution in [0.25, 0.3) is 0 Å². The molecule has 0 aliphatic carbocycles. The Morgan fingerprint density at radius 2 is 1.36 bits per heavy atom. The van der Waals surface area contributed by atoms with Gasteiger partial charge in [-0.1, -0.05) is 104 Å². The second-order valence-electron chi connectivity index (χ2n) is 8.16. The van der Waals surface area contributed by atoms with Gasteiger partial charge in [0.05, 0.1) is 0 Å². The number of hydrogen-bond acceptors (Lipinski definition) is 1. The van der Waals surface area contributed by atoms with Gasteiger partial charge in [0.25, 0.3) is 0 Å². The highest BCUT2D eigenvalue weighted by atomic mass is 16.1. The van der Waals surface area contributed by atoms with Crippen LogP contribution in [-0.2, 0) is 0 Å². The van der Waals surface area contributed by atoms with Crippen molar-refractivity contribution in [3.8, 4) is 0 Å². The van der Waals surface area contributed by atoms with E-state index in [-0.39, 0.29) is 0 Å². The number of rotatable bonds is 13. The molecule has 0 radical (unpaired) electrons. The highest BCUT2D eigenvalue weighted by molar-refractivity contribution is 5.97. The van der Waals surface area contributed by atoms with Gasteiger partial charge in [0.1, 0.15) is 0 Å². The van der Waals surface area contributed by atoms with Crippen LogP contribution in [0.15, 0.2) is 18.2 Å². The molecule has 142 valence electrons. The van der Waals surface area contributed by atoms with E-state index in [1.807, 2.05) is 0 Å². The third kappa shape index (κ3) is 8.21. The summed E-state index contributed by atoms with van der Waals surface area (Å²) < 4.78 is 0. The summed E-state index contributed by atoms with van der Waals surface area (Å²) in [5.74, 6) is 1.25. The summed E-state index contributed by atoms with van der Waals surface area (Å²) in [4.78, 5) is 12.7. The average molecular weight is 345 g/mol. The van der Waals surface area contributed by atoms with Crippen molar-refractivity contribution in [3.63, 3.8) is 0 Å². The Kier molecular flexibility index (Phi) is 10.8. The van der Waals surface area contributed by atoms with Gasteiger partial charge in [0, 0.05) is 12.0 Å². The predicted molar refractivity (Wildman–Crippen MR) is 111 cm³/mol. The fourth-order valence-corrected chi connectivity index (χ4v) is 3.40. The smallest absolute Gasteiger partial charge is 0.163 e. The Morgan fingerprint density at radius 3 is 1.88 bits per heavy atom. The van der Waals surface area contributed by atoms with Gasteiger partial charge in [-0.05, 0) is 29.4 Å². The quantitative estimate of drug-likeness (QED) is 0.261. The topological polar surface area (TPSA) is 17.1 Å². The van der Waals surface area contributed by atoms with Crippen LogP contribution in [0.4, 0.5) is 0 Å². The van der Waals surface area contributed by atoms with Gasteiger partial charge in [0.15, 0.2) is 5.78 Å². The van der Waals surface area contributed by atoms with Gasteiger partial charge in [-0.15, -0.1) is 0 Å². The van der Waals surface area contributed by atoms with Crippen molar-refractivity contribution in [3.05, 3.63) is 34.9 Å².